The zero-order chi connectivity index (χ0) is 12.6. The van der Waals surface area contributed by atoms with Gasteiger partial charge in [0.1, 0.15) is 5.82 Å². The first-order chi connectivity index (χ1) is 8.04. The molecule has 0 fully saturated rings. The second kappa shape index (κ2) is 4.18. The van der Waals surface area contributed by atoms with E-state index in [1.54, 1.807) is 26.1 Å². The summed E-state index contributed by atoms with van der Waals surface area (Å²) in [6.45, 7) is 1.84. The maximum absolute atomic E-state index is 13.2. The molecule has 5 heteroatoms. The van der Waals surface area contributed by atoms with Crippen LogP contribution in [0.25, 0.3) is 11.3 Å². The van der Waals surface area contributed by atoms with Crippen molar-refractivity contribution >= 4 is 0 Å². The molecule has 0 bridgehead atoms. The van der Waals surface area contributed by atoms with E-state index in [4.69, 9.17) is 5.73 Å². The number of hydrogen-bond acceptors (Lipinski definition) is 2. The third kappa shape index (κ3) is 1.89. The standard InChI is InChI=1S/C12H14FN3O/c1-7-5-8(3-4-10(7)13)11-9(6-14)12(17)16(2)15-11/h3-5,15H,6,14H2,1-2H3. The highest BCUT2D eigenvalue weighted by Crippen LogP contribution is 2.21. The van der Waals surface area contributed by atoms with Gasteiger partial charge in [0.2, 0.25) is 0 Å². The minimum absolute atomic E-state index is 0.149. The van der Waals surface area contributed by atoms with Crippen LogP contribution in [0, 0.1) is 12.7 Å². The van der Waals surface area contributed by atoms with Gasteiger partial charge in [-0.3, -0.25) is 14.6 Å². The number of aromatic amines is 1. The number of hydrogen-bond donors (Lipinski definition) is 2. The number of rotatable bonds is 2. The van der Waals surface area contributed by atoms with E-state index in [9.17, 15) is 9.18 Å². The molecule has 0 aliphatic heterocycles. The van der Waals surface area contributed by atoms with Crippen molar-refractivity contribution in [3.63, 3.8) is 0 Å². The van der Waals surface area contributed by atoms with E-state index >= 15 is 0 Å². The maximum atomic E-state index is 13.2. The number of nitrogens with two attached hydrogens (primary N) is 1. The highest BCUT2D eigenvalue weighted by molar-refractivity contribution is 5.63. The molecule has 0 atom stereocenters. The third-order valence-electron chi connectivity index (χ3n) is 2.79. The zero-order valence-corrected chi connectivity index (χ0v) is 9.75. The number of aryl methyl sites for hydroxylation is 2. The second-order valence-electron chi connectivity index (χ2n) is 4.00. The topological polar surface area (TPSA) is 63.8 Å². The Kier molecular flexibility index (Phi) is 2.85. The van der Waals surface area contributed by atoms with E-state index in [0.717, 1.165) is 5.56 Å². The quantitative estimate of drug-likeness (QED) is 0.823. The molecule has 0 saturated heterocycles. The lowest BCUT2D eigenvalue weighted by atomic mass is 10.1. The summed E-state index contributed by atoms with van der Waals surface area (Å²) in [6.07, 6.45) is 0. The average Bonchev–Trinajstić information content (AvgIpc) is 2.59. The summed E-state index contributed by atoms with van der Waals surface area (Å²) in [7, 11) is 1.63. The summed E-state index contributed by atoms with van der Waals surface area (Å²) in [4.78, 5) is 11.7. The molecular formula is C12H14FN3O. The van der Waals surface area contributed by atoms with Crippen LogP contribution < -0.4 is 11.3 Å². The van der Waals surface area contributed by atoms with Crippen LogP contribution in [-0.4, -0.2) is 9.78 Å². The monoisotopic (exact) mass is 235 g/mol. The number of benzene rings is 1. The molecule has 3 N–H and O–H groups in total. The smallest absolute Gasteiger partial charge is 0.271 e. The lowest BCUT2D eigenvalue weighted by Crippen LogP contribution is -2.17. The molecular weight excluding hydrogens is 221 g/mol. The SMILES string of the molecule is Cc1cc(-c2[nH]n(C)c(=O)c2CN)ccc1F. The van der Waals surface area contributed by atoms with E-state index in [2.05, 4.69) is 5.10 Å². The summed E-state index contributed by atoms with van der Waals surface area (Å²) in [6, 6.07) is 4.71. The van der Waals surface area contributed by atoms with Gasteiger partial charge in [0.05, 0.1) is 11.3 Å². The number of aromatic nitrogens is 2. The van der Waals surface area contributed by atoms with Crippen LogP contribution in [-0.2, 0) is 13.6 Å². The number of halogens is 1. The fraction of sp³-hybridized carbons (Fsp3) is 0.250. The van der Waals surface area contributed by atoms with Gasteiger partial charge in [0.25, 0.3) is 5.56 Å². The molecule has 2 aromatic rings. The third-order valence-corrected chi connectivity index (χ3v) is 2.79. The first-order valence-electron chi connectivity index (χ1n) is 5.29. The predicted molar refractivity (Wildman–Crippen MR) is 64.1 cm³/mol. The van der Waals surface area contributed by atoms with Gasteiger partial charge < -0.3 is 5.73 Å². The van der Waals surface area contributed by atoms with E-state index in [-0.39, 0.29) is 17.9 Å². The van der Waals surface area contributed by atoms with Crippen molar-refractivity contribution in [2.45, 2.75) is 13.5 Å². The summed E-state index contributed by atoms with van der Waals surface area (Å²) in [5.74, 6) is -0.263. The molecule has 2 rings (SSSR count). The van der Waals surface area contributed by atoms with E-state index in [1.165, 1.54) is 10.7 Å². The first kappa shape index (κ1) is 11.6. The fourth-order valence-corrected chi connectivity index (χ4v) is 1.82. The molecule has 0 radical (unpaired) electrons. The van der Waals surface area contributed by atoms with Gasteiger partial charge in [-0.1, -0.05) is 0 Å². The van der Waals surface area contributed by atoms with Crippen LogP contribution in [0.3, 0.4) is 0 Å². The molecule has 0 aliphatic carbocycles. The normalized spacial score (nSPS) is 10.8. The van der Waals surface area contributed by atoms with Crippen molar-refractivity contribution < 1.29 is 4.39 Å². The van der Waals surface area contributed by atoms with Gasteiger partial charge in [0, 0.05) is 19.2 Å². The van der Waals surface area contributed by atoms with E-state index < -0.39 is 0 Å². The minimum atomic E-state index is -0.263. The zero-order valence-electron chi connectivity index (χ0n) is 9.75. The van der Waals surface area contributed by atoms with Crippen molar-refractivity contribution in [2.75, 3.05) is 0 Å². The Balaban J connectivity index is 2.64. The van der Waals surface area contributed by atoms with Crippen LogP contribution in [0.2, 0.25) is 0 Å². The van der Waals surface area contributed by atoms with Gasteiger partial charge >= 0.3 is 0 Å². The van der Waals surface area contributed by atoms with Crippen molar-refractivity contribution in [1.82, 2.24) is 9.78 Å². The highest BCUT2D eigenvalue weighted by atomic mass is 19.1. The van der Waals surface area contributed by atoms with Crippen LogP contribution >= 0.6 is 0 Å². The second-order valence-corrected chi connectivity index (χ2v) is 4.00. The molecule has 0 saturated carbocycles. The highest BCUT2D eigenvalue weighted by Gasteiger charge is 2.13. The number of nitrogens with one attached hydrogen (secondary N) is 1. The van der Waals surface area contributed by atoms with Crippen LogP contribution in [0.1, 0.15) is 11.1 Å². The Morgan fingerprint density at radius 1 is 1.47 bits per heavy atom. The van der Waals surface area contributed by atoms with Crippen molar-refractivity contribution in [1.29, 1.82) is 0 Å². The molecule has 90 valence electrons. The lowest BCUT2D eigenvalue weighted by molar-refractivity contribution is 0.618. The van der Waals surface area contributed by atoms with Crippen LogP contribution in [0.15, 0.2) is 23.0 Å². The largest absolute Gasteiger partial charge is 0.326 e. The lowest BCUT2D eigenvalue weighted by Gasteiger charge is -2.03. The Hall–Kier alpha value is -1.88. The molecule has 1 aromatic heterocycles. The van der Waals surface area contributed by atoms with Gasteiger partial charge in [-0.05, 0) is 30.7 Å². The Labute approximate surface area is 97.9 Å². The predicted octanol–water partition coefficient (Wildman–Crippen LogP) is 1.29. The number of H-pyrrole nitrogens is 1. The van der Waals surface area contributed by atoms with Gasteiger partial charge in [-0.25, -0.2) is 4.39 Å². The van der Waals surface area contributed by atoms with Crippen molar-refractivity contribution in [3.05, 3.63) is 45.5 Å². The molecule has 4 nitrogen and oxygen atoms in total. The van der Waals surface area contributed by atoms with Crippen LogP contribution in [0.5, 0.6) is 0 Å². The molecule has 0 unspecified atom stereocenters. The average molecular weight is 235 g/mol. The Morgan fingerprint density at radius 3 is 2.76 bits per heavy atom. The molecule has 0 aliphatic rings. The molecule has 0 spiro atoms. The Bertz CT molecular complexity index is 613. The van der Waals surface area contributed by atoms with Gasteiger partial charge in [0.15, 0.2) is 0 Å². The van der Waals surface area contributed by atoms with Gasteiger partial charge in [-0.2, -0.15) is 0 Å². The van der Waals surface area contributed by atoms with Gasteiger partial charge in [-0.15, -0.1) is 0 Å². The minimum Gasteiger partial charge on any atom is -0.326 e. The summed E-state index contributed by atoms with van der Waals surface area (Å²) in [5, 5.41) is 2.93. The van der Waals surface area contributed by atoms with Crippen molar-refractivity contribution in [3.8, 4) is 11.3 Å². The summed E-state index contributed by atoms with van der Waals surface area (Å²) < 4.78 is 14.6. The molecule has 0 amide bonds. The molecule has 17 heavy (non-hydrogen) atoms. The summed E-state index contributed by atoms with van der Waals surface area (Å²) >= 11 is 0. The van der Waals surface area contributed by atoms with E-state index in [0.29, 0.717) is 16.8 Å². The Morgan fingerprint density at radius 2 is 2.18 bits per heavy atom. The fourth-order valence-electron chi connectivity index (χ4n) is 1.82. The number of nitrogens with zero attached hydrogens (tertiary/aromatic N) is 1. The van der Waals surface area contributed by atoms with E-state index in [1.807, 2.05) is 0 Å². The van der Waals surface area contributed by atoms with Crippen molar-refractivity contribution in [2.24, 2.45) is 12.8 Å². The molecule has 1 heterocycles. The molecule has 1 aromatic carbocycles. The maximum Gasteiger partial charge on any atom is 0.271 e. The summed E-state index contributed by atoms with van der Waals surface area (Å²) in [5.41, 5.74) is 7.89. The first-order valence-corrected chi connectivity index (χ1v) is 5.29. The van der Waals surface area contributed by atoms with Crippen LogP contribution in [0.4, 0.5) is 4.39 Å².